The van der Waals surface area contributed by atoms with Gasteiger partial charge in [-0.3, -0.25) is 14.0 Å². The average molecular weight is 476 g/mol. The van der Waals surface area contributed by atoms with Gasteiger partial charge in [-0.15, -0.1) is 22.7 Å². The lowest BCUT2D eigenvalue weighted by Crippen LogP contribution is -2.18. The van der Waals surface area contributed by atoms with Crippen LogP contribution >= 0.6 is 22.7 Å². The van der Waals surface area contributed by atoms with Crippen molar-refractivity contribution in [3.05, 3.63) is 71.1 Å². The number of allylic oxidation sites excluding steroid dienone is 1. The van der Waals surface area contributed by atoms with E-state index in [9.17, 15) is 9.59 Å². The summed E-state index contributed by atoms with van der Waals surface area (Å²) in [5, 5.41) is 7.65. The summed E-state index contributed by atoms with van der Waals surface area (Å²) in [4.78, 5) is 27.0. The molecule has 0 N–H and O–H groups in total. The monoisotopic (exact) mass is 475 g/mol. The molecule has 8 rings (SSSR count). The van der Waals surface area contributed by atoms with Crippen molar-refractivity contribution in [2.45, 2.75) is 19.3 Å². The van der Waals surface area contributed by atoms with E-state index in [1.165, 1.54) is 57.6 Å². The number of benzene rings is 3. The molecule has 0 amide bonds. The van der Waals surface area contributed by atoms with Crippen LogP contribution in [0.2, 0.25) is 0 Å². The molecule has 0 saturated heterocycles. The minimum atomic E-state index is -0.0186. The molecule has 162 valence electrons. The summed E-state index contributed by atoms with van der Waals surface area (Å²) in [6, 6.07) is 21.9. The second kappa shape index (κ2) is 6.53. The number of hydrogen-bond acceptors (Lipinski definition) is 4. The van der Waals surface area contributed by atoms with E-state index in [2.05, 4.69) is 65.1 Å². The highest BCUT2D eigenvalue weighted by Gasteiger charge is 2.25. The standard InChI is InChI=1S/C29H17NO2S2/c31-22-9-4-10-23(32)20(22)13-16-14-24-28(33-16)26-19-7-3-5-15-11-12-18-17-6-1-2-8-21(17)30(29(26)34-24)27(18)25(15)19/h1-3,5-8,11-14H,4,9-10H2. The van der Waals surface area contributed by atoms with Gasteiger partial charge in [0.25, 0.3) is 0 Å². The molecule has 4 heterocycles. The molecule has 34 heavy (non-hydrogen) atoms. The van der Waals surface area contributed by atoms with Gasteiger partial charge >= 0.3 is 0 Å². The third-order valence-electron chi connectivity index (χ3n) is 7.21. The quantitative estimate of drug-likeness (QED) is 0.178. The molecular formula is C29H17NO2S2. The number of rotatable bonds is 1. The third kappa shape index (κ3) is 2.31. The smallest absolute Gasteiger partial charge is 0.166 e. The largest absolute Gasteiger partial charge is 0.299 e. The van der Waals surface area contributed by atoms with Crippen molar-refractivity contribution in [3.8, 4) is 0 Å². The van der Waals surface area contributed by atoms with Gasteiger partial charge in [0.05, 0.1) is 21.3 Å². The van der Waals surface area contributed by atoms with E-state index in [0.717, 1.165) is 4.88 Å². The first kappa shape index (κ1) is 18.8. The van der Waals surface area contributed by atoms with Crippen LogP contribution in [0.15, 0.2) is 66.2 Å². The van der Waals surface area contributed by atoms with E-state index in [-0.39, 0.29) is 11.6 Å². The molecule has 0 spiro atoms. The molecule has 3 aromatic carbocycles. The Morgan fingerprint density at radius 2 is 1.62 bits per heavy atom. The average Bonchev–Trinajstić information content (AvgIpc) is 3.50. The maximum absolute atomic E-state index is 12.4. The number of ketones is 2. The first-order valence-electron chi connectivity index (χ1n) is 11.5. The highest BCUT2D eigenvalue weighted by molar-refractivity contribution is 7.33. The van der Waals surface area contributed by atoms with Crippen LogP contribution in [-0.4, -0.2) is 16.0 Å². The van der Waals surface area contributed by atoms with Gasteiger partial charge < -0.3 is 0 Å². The Balaban J connectivity index is 1.53. The van der Waals surface area contributed by atoms with Gasteiger partial charge in [0.1, 0.15) is 4.83 Å². The molecule has 0 bridgehead atoms. The molecule has 7 aromatic rings. The second-order valence-electron chi connectivity index (χ2n) is 9.10. The number of pyridine rings is 1. The van der Waals surface area contributed by atoms with Crippen molar-refractivity contribution >= 4 is 97.9 Å². The van der Waals surface area contributed by atoms with E-state index < -0.39 is 0 Å². The number of carbonyl (C=O) groups is 2. The Hall–Kier alpha value is -3.54. The highest BCUT2D eigenvalue weighted by Crippen LogP contribution is 2.48. The van der Waals surface area contributed by atoms with Crippen molar-refractivity contribution in [3.63, 3.8) is 0 Å². The van der Waals surface area contributed by atoms with Crippen LogP contribution in [0.5, 0.6) is 0 Å². The van der Waals surface area contributed by atoms with Crippen LogP contribution in [0, 0.1) is 0 Å². The fourth-order valence-electron chi connectivity index (χ4n) is 5.74. The van der Waals surface area contributed by atoms with Crippen LogP contribution in [0.1, 0.15) is 24.1 Å². The molecule has 5 heteroatoms. The molecule has 4 aromatic heterocycles. The predicted molar refractivity (Wildman–Crippen MR) is 144 cm³/mol. The van der Waals surface area contributed by atoms with Crippen molar-refractivity contribution in [2.75, 3.05) is 0 Å². The first-order chi connectivity index (χ1) is 16.7. The molecule has 0 unspecified atom stereocenters. The van der Waals surface area contributed by atoms with Gasteiger partial charge in [-0.2, -0.15) is 0 Å². The summed E-state index contributed by atoms with van der Waals surface area (Å²) < 4.78 is 4.88. The fourth-order valence-corrected chi connectivity index (χ4v) is 8.37. The second-order valence-corrected chi connectivity index (χ2v) is 11.2. The summed E-state index contributed by atoms with van der Waals surface area (Å²) in [6.45, 7) is 0. The summed E-state index contributed by atoms with van der Waals surface area (Å²) >= 11 is 3.49. The Morgan fingerprint density at radius 3 is 2.50 bits per heavy atom. The number of nitrogens with zero attached hydrogens (tertiary/aromatic N) is 1. The van der Waals surface area contributed by atoms with Gasteiger partial charge in [0.15, 0.2) is 11.6 Å². The number of hydrogen-bond donors (Lipinski definition) is 0. The van der Waals surface area contributed by atoms with Crippen molar-refractivity contribution in [1.29, 1.82) is 0 Å². The number of fused-ring (bicyclic) bond motifs is 8. The van der Waals surface area contributed by atoms with E-state index >= 15 is 0 Å². The van der Waals surface area contributed by atoms with E-state index in [4.69, 9.17) is 0 Å². The SMILES string of the molecule is O=C1CCCC(=O)C1=Cc1cc2sc3c(c4cccc5ccc6c7ccccc7n3c6c54)c2s1. The summed E-state index contributed by atoms with van der Waals surface area (Å²) in [5.41, 5.74) is 2.89. The van der Waals surface area contributed by atoms with Gasteiger partial charge in [-0.05, 0) is 35.4 Å². The van der Waals surface area contributed by atoms with Crippen LogP contribution in [0.3, 0.4) is 0 Å². The zero-order valence-corrected chi connectivity index (χ0v) is 19.7. The summed E-state index contributed by atoms with van der Waals surface area (Å²) in [6.07, 6.45) is 3.45. The van der Waals surface area contributed by atoms with Crippen LogP contribution in [0.4, 0.5) is 0 Å². The fraction of sp³-hybridized carbons (Fsp3) is 0.103. The zero-order chi connectivity index (χ0) is 22.6. The molecule has 1 saturated carbocycles. The zero-order valence-electron chi connectivity index (χ0n) is 18.1. The van der Waals surface area contributed by atoms with Crippen LogP contribution in [0.25, 0.3) is 63.7 Å². The van der Waals surface area contributed by atoms with E-state index in [1.54, 1.807) is 22.7 Å². The van der Waals surface area contributed by atoms with Gasteiger partial charge in [0.2, 0.25) is 0 Å². The molecule has 1 aliphatic rings. The lowest BCUT2D eigenvalue weighted by Gasteiger charge is -2.11. The summed E-state index contributed by atoms with van der Waals surface area (Å²) in [5.74, 6) is -0.0372. The molecule has 1 fully saturated rings. The molecular weight excluding hydrogens is 458 g/mol. The van der Waals surface area contributed by atoms with E-state index in [0.29, 0.717) is 24.8 Å². The van der Waals surface area contributed by atoms with Crippen molar-refractivity contribution < 1.29 is 9.59 Å². The molecule has 3 nitrogen and oxygen atoms in total. The number of carbonyl (C=O) groups excluding carboxylic acids is 2. The number of para-hydroxylation sites is 1. The molecule has 0 radical (unpaired) electrons. The Labute approximate surface area is 201 Å². The maximum Gasteiger partial charge on any atom is 0.166 e. The predicted octanol–water partition coefficient (Wildman–Crippen LogP) is 7.97. The Bertz CT molecular complexity index is 2010. The van der Waals surface area contributed by atoms with E-state index in [1.807, 2.05) is 6.08 Å². The third-order valence-corrected chi connectivity index (χ3v) is 9.56. The number of thiophene rings is 2. The minimum absolute atomic E-state index is 0.0186. The summed E-state index contributed by atoms with van der Waals surface area (Å²) in [7, 11) is 0. The lowest BCUT2D eigenvalue weighted by atomic mass is 9.92. The van der Waals surface area contributed by atoms with Crippen molar-refractivity contribution in [2.24, 2.45) is 0 Å². The van der Waals surface area contributed by atoms with Crippen molar-refractivity contribution in [1.82, 2.24) is 4.40 Å². The topological polar surface area (TPSA) is 38.5 Å². The Morgan fingerprint density at radius 1 is 0.794 bits per heavy atom. The Kier molecular flexibility index (Phi) is 3.62. The lowest BCUT2D eigenvalue weighted by molar-refractivity contribution is -0.123. The first-order valence-corrected chi connectivity index (χ1v) is 13.1. The maximum atomic E-state index is 12.4. The molecule has 0 atom stereocenters. The minimum Gasteiger partial charge on any atom is -0.299 e. The molecule has 1 aliphatic carbocycles. The highest BCUT2D eigenvalue weighted by atomic mass is 32.1. The van der Waals surface area contributed by atoms with Crippen LogP contribution < -0.4 is 0 Å². The normalized spacial score (nSPS) is 15.4. The number of Topliss-reactive ketones (excluding diaryl/α,β-unsaturated/α-hetero) is 2. The van der Waals surface area contributed by atoms with Gasteiger partial charge in [-0.25, -0.2) is 0 Å². The van der Waals surface area contributed by atoms with Crippen LogP contribution in [-0.2, 0) is 9.59 Å². The van der Waals surface area contributed by atoms with Gasteiger partial charge in [0, 0.05) is 44.0 Å². The molecule has 0 aliphatic heterocycles. The number of aromatic nitrogens is 1. The van der Waals surface area contributed by atoms with Gasteiger partial charge in [-0.1, -0.05) is 48.5 Å².